The highest BCUT2D eigenvalue weighted by atomic mass is 16.6. The molecule has 0 aromatic carbocycles. The molecule has 0 amide bonds. The SMILES string of the molecule is CC/C=C\C/C=C\C/C=C\C/C=C\C/C=C\C/C=C\CCC(=O)OCC(COC(=O)CCCCCCCCCCCCC/C=C\CCCCCCCCCC)OC(=O)CCCCCCCCCCC/C=C\C/C=C\CCCCCCC. The lowest BCUT2D eigenvalue weighted by atomic mass is 10.0. The van der Waals surface area contributed by atoms with Gasteiger partial charge in [0.15, 0.2) is 6.10 Å². The Hall–Kier alpha value is -3.93. The second-order valence-electron chi connectivity index (χ2n) is 22.7. The molecule has 0 aliphatic rings. The van der Waals surface area contributed by atoms with E-state index in [9.17, 15) is 14.4 Å². The normalized spacial score (nSPS) is 12.8. The van der Waals surface area contributed by atoms with Crippen molar-refractivity contribution in [3.8, 4) is 0 Å². The standard InChI is InChI=1S/C75H128O6/c1-4-7-10-13-16-19-22-25-28-31-34-36-37-39-41-44-47-50-53-56-59-62-65-68-74(77)80-71-72(70-79-73(76)67-64-61-58-55-52-49-46-43-40-33-30-27-24-21-18-15-12-9-6-3)81-75(78)69-66-63-60-57-54-51-48-45-42-38-35-32-29-26-23-20-17-14-11-8-5-2/h9,12,18,21,23,26-27,30-32,34-35,40,43,49,52,58,61,72H,4-8,10-11,13-17,19-20,22,24-25,28-29,33,36-39,41-42,44-48,50-51,53-57,59-60,62-71H2,1-3H3/b12-9-,21-18-,26-23-,30-27-,34-31-,35-32-,43-40-,52-49-,61-58-. The first kappa shape index (κ1) is 77.1. The summed E-state index contributed by atoms with van der Waals surface area (Å²) in [5.41, 5.74) is 0. The minimum atomic E-state index is -0.815. The zero-order valence-electron chi connectivity index (χ0n) is 53.3. The average Bonchev–Trinajstić information content (AvgIpc) is 3.47. The van der Waals surface area contributed by atoms with Gasteiger partial charge in [0.1, 0.15) is 13.2 Å². The van der Waals surface area contributed by atoms with E-state index >= 15 is 0 Å². The molecule has 1 unspecified atom stereocenters. The Morgan fingerprint density at radius 3 is 0.840 bits per heavy atom. The fraction of sp³-hybridized carbons (Fsp3) is 0.720. The van der Waals surface area contributed by atoms with E-state index in [0.717, 1.165) is 83.5 Å². The Morgan fingerprint density at radius 2 is 0.506 bits per heavy atom. The first-order valence-electron chi connectivity index (χ1n) is 34.4. The Labute approximate surface area is 501 Å². The van der Waals surface area contributed by atoms with Crippen molar-refractivity contribution in [2.75, 3.05) is 13.2 Å². The summed E-state index contributed by atoms with van der Waals surface area (Å²) in [6, 6.07) is 0. The fourth-order valence-electron chi connectivity index (χ4n) is 9.61. The summed E-state index contributed by atoms with van der Waals surface area (Å²) in [6.45, 7) is 6.48. The van der Waals surface area contributed by atoms with Gasteiger partial charge in [-0.2, -0.15) is 0 Å². The van der Waals surface area contributed by atoms with Gasteiger partial charge in [-0.3, -0.25) is 14.4 Å². The van der Waals surface area contributed by atoms with E-state index in [4.69, 9.17) is 14.2 Å². The van der Waals surface area contributed by atoms with E-state index in [2.05, 4.69) is 124 Å². The minimum Gasteiger partial charge on any atom is -0.462 e. The Balaban J connectivity index is 4.46. The van der Waals surface area contributed by atoms with Gasteiger partial charge < -0.3 is 14.2 Å². The number of hydrogen-bond donors (Lipinski definition) is 0. The number of esters is 3. The number of ether oxygens (including phenoxy) is 3. The molecule has 0 radical (unpaired) electrons. The van der Waals surface area contributed by atoms with Gasteiger partial charge in [-0.05, 0) is 116 Å². The summed E-state index contributed by atoms with van der Waals surface area (Å²) in [5, 5.41) is 0. The van der Waals surface area contributed by atoms with Gasteiger partial charge in [-0.25, -0.2) is 0 Å². The molecule has 0 aromatic rings. The number of rotatable bonds is 62. The molecule has 0 N–H and O–H groups in total. The van der Waals surface area contributed by atoms with Crippen molar-refractivity contribution >= 4 is 17.9 Å². The van der Waals surface area contributed by atoms with E-state index in [1.165, 1.54) is 199 Å². The molecule has 0 saturated heterocycles. The van der Waals surface area contributed by atoms with Crippen LogP contribution in [0.2, 0.25) is 0 Å². The lowest BCUT2D eigenvalue weighted by Gasteiger charge is -2.18. The maximum Gasteiger partial charge on any atom is 0.306 e. The van der Waals surface area contributed by atoms with Crippen molar-refractivity contribution in [1.82, 2.24) is 0 Å². The van der Waals surface area contributed by atoms with Gasteiger partial charge >= 0.3 is 17.9 Å². The van der Waals surface area contributed by atoms with Crippen molar-refractivity contribution in [3.05, 3.63) is 109 Å². The molecule has 81 heavy (non-hydrogen) atoms. The molecule has 6 nitrogen and oxygen atoms in total. The van der Waals surface area contributed by atoms with Crippen LogP contribution in [0.15, 0.2) is 109 Å². The van der Waals surface area contributed by atoms with Crippen LogP contribution in [0.3, 0.4) is 0 Å². The second kappa shape index (κ2) is 68.6. The van der Waals surface area contributed by atoms with Crippen LogP contribution < -0.4 is 0 Å². The van der Waals surface area contributed by atoms with Crippen LogP contribution in [0.1, 0.15) is 329 Å². The summed E-state index contributed by atoms with van der Waals surface area (Å²) < 4.78 is 16.9. The lowest BCUT2D eigenvalue weighted by molar-refractivity contribution is -0.166. The summed E-state index contributed by atoms with van der Waals surface area (Å²) >= 11 is 0. The van der Waals surface area contributed by atoms with Crippen molar-refractivity contribution in [1.29, 1.82) is 0 Å². The third-order valence-corrected chi connectivity index (χ3v) is 14.7. The highest BCUT2D eigenvalue weighted by Crippen LogP contribution is 2.16. The molecule has 0 spiro atoms. The molecular weight excluding hydrogens is 997 g/mol. The third kappa shape index (κ3) is 66.8. The number of unbranched alkanes of at least 4 members (excludes halogenated alkanes) is 33. The fourth-order valence-corrected chi connectivity index (χ4v) is 9.61. The molecule has 0 aliphatic carbocycles. The Kier molecular flexibility index (Phi) is 65.2. The largest absolute Gasteiger partial charge is 0.462 e. The van der Waals surface area contributed by atoms with Gasteiger partial charge in [0.2, 0.25) is 0 Å². The number of allylic oxidation sites excluding steroid dienone is 18. The highest BCUT2D eigenvalue weighted by Gasteiger charge is 2.19. The van der Waals surface area contributed by atoms with Gasteiger partial charge in [-0.1, -0.05) is 304 Å². The van der Waals surface area contributed by atoms with Gasteiger partial charge in [-0.15, -0.1) is 0 Å². The van der Waals surface area contributed by atoms with Gasteiger partial charge in [0, 0.05) is 19.3 Å². The summed E-state index contributed by atoms with van der Waals surface area (Å²) in [4.78, 5) is 38.4. The van der Waals surface area contributed by atoms with Crippen molar-refractivity contribution < 1.29 is 28.6 Å². The molecule has 1 atom stereocenters. The Bertz CT molecular complexity index is 1620. The zero-order chi connectivity index (χ0) is 58.5. The topological polar surface area (TPSA) is 78.9 Å². The van der Waals surface area contributed by atoms with E-state index < -0.39 is 6.10 Å². The van der Waals surface area contributed by atoms with Crippen LogP contribution in [0.4, 0.5) is 0 Å². The first-order chi connectivity index (χ1) is 40.0. The molecule has 6 heteroatoms. The van der Waals surface area contributed by atoms with Crippen molar-refractivity contribution in [2.45, 2.75) is 335 Å². The molecule has 0 heterocycles. The van der Waals surface area contributed by atoms with Crippen LogP contribution in [-0.2, 0) is 28.6 Å². The van der Waals surface area contributed by atoms with E-state index in [1.807, 2.05) is 6.08 Å². The van der Waals surface area contributed by atoms with E-state index in [-0.39, 0.29) is 37.5 Å². The first-order valence-corrected chi connectivity index (χ1v) is 34.4. The predicted octanol–water partition coefficient (Wildman–Crippen LogP) is 23.8. The number of carbonyl (C=O) groups is 3. The van der Waals surface area contributed by atoms with Crippen molar-refractivity contribution in [3.63, 3.8) is 0 Å². The van der Waals surface area contributed by atoms with Crippen LogP contribution in [0, 0.1) is 0 Å². The van der Waals surface area contributed by atoms with Crippen LogP contribution in [0.5, 0.6) is 0 Å². The van der Waals surface area contributed by atoms with E-state index in [0.29, 0.717) is 19.3 Å². The van der Waals surface area contributed by atoms with Crippen molar-refractivity contribution in [2.24, 2.45) is 0 Å². The summed E-state index contributed by atoms with van der Waals surface area (Å²) in [7, 11) is 0. The molecule has 0 bridgehead atoms. The smallest absolute Gasteiger partial charge is 0.306 e. The highest BCUT2D eigenvalue weighted by molar-refractivity contribution is 5.71. The number of carbonyl (C=O) groups excluding carboxylic acids is 3. The molecule has 0 rings (SSSR count). The average molecular weight is 1130 g/mol. The summed E-state index contributed by atoms with van der Waals surface area (Å²) in [6.07, 6.45) is 94.0. The minimum absolute atomic E-state index is 0.103. The maximum atomic E-state index is 13.0. The predicted molar refractivity (Wildman–Crippen MR) is 353 cm³/mol. The third-order valence-electron chi connectivity index (χ3n) is 14.7. The molecule has 0 saturated carbocycles. The molecule has 464 valence electrons. The van der Waals surface area contributed by atoms with Crippen LogP contribution in [0.25, 0.3) is 0 Å². The molecular formula is C75H128O6. The maximum absolute atomic E-state index is 13.0. The quantitative estimate of drug-likeness (QED) is 0.0261. The van der Waals surface area contributed by atoms with Crippen LogP contribution in [-0.4, -0.2) is 37.2 Å². The van der Waals surface area contributed by atoms with Crippen LogP contribution >= 0.6 is 0 Å². The van der Waals surface area contributed by atoms with Gasteiger partial charge in [0.25, 0.3) is 0 Å². The Morgan fingerprint density at radius 1 is 0.259 bits per heavy atom. The monoisotopic (exact) mass is 1120 g/mol. The summed E-state index contributed by atoms with van der Waals surface area (Å²) in [5.74, 6) is -0.985. The van der Waals surface area contributed by atoms with E-state index in [1.54, 1.807) is 0 Å². The zero-order valence-corrected chi connectivity index (χ0v) is 53.3. The molecule has 0 aromatic heterocycles. The molecule has 0 aliphatic heterocycles. The lowest BCUT2D eigenvalue weighted by Crippen LogP contribution is -2.30. The van der Waals surface area contributed by atoms with Gasteiger partial charge in [0.05, 0.1) is 0 Å². The second-order valence-corrected chi connectivity index (χ2v) is 22.7. The number of hydrogen-bond acceptors (Lipinski definition) is 6. The molecule has 0 fully saturated rings.